The predicted molar refractivity (Wildman–Crippen MR) is 70.5 cm³/mol. The van der Waals surface area contributed by atoms with Gasteiger partial charge in [-0.2, -0.15) is 22.0 Å². The summed E-state index contributed by atoms with van der Waals surface area (Å²) in [7, 11) is 0. The van der Waals surface area contributed by atoms with E-state index < -0.39 is 36.3 Å². The standard InChI is InChI=1S/C16H21F5O2/c17-14(18)13(7-23-15(14,22)16(19,20)21)12-6-8-5-11(12)10-4-2-1-3-9(8)10/h8-13,22H,1-7H2. The minimum absolute atomic E-state index is 0.0698. The summed E-state index contributed by atoms with van der Waals surface area (Å²) in [4.78, 5) is 0. The van der Waals surface area contributed by atoms with Crippen molar-refractivity contribution in [1.82, 2.24) is 0 Å². The van der Waals surface area contributed by atoms with Crippen LogP contribution in [-0.4, -0.2) is 29.6 Å². The van der Waals surface area contributed by atoms with Crippen LogP contribution in [0.15, 0.2) is 0 Å². The van der Waals surface area contributed by atoms with Gasteiger partial charge in [-0.1, -0.05) is 12.8 Å². The maximum atomic E-state index is 14.5. The number of hydrogen-bond donors (Lipinski definition) is 1. The monoisotopic (exact) mass is 340 g/mol. The van der Waals surface area contributed by atoms with E-state index in [0.29, 0.717) is 24.2 Å². The normalized spacial score (nSPS) is 51.9. The fourth-order valence-electron chi connectivity index (χ4n) is 6.08. The van der Waals surface area contributed by atoms with Gasteiger partial charge in [0.2, 0.25) is 0 Å². The Balaban J connectivity index is 1.59. The zero-order valence-electron chi connectivity index (χ0n) is 12.7. The van der Waals surface area contributed by atoms with Crippen molar-refractivity contribution in [3.05, 3.63) is 0 Å². The Kier molecular flexibility index (Phi) is 3.36. The summed E-state index contributed by atoms with van der Waals surface area (Å²) < 4.78 is 71.9. The maximum Gasteiger partial charge on any atom is 0.449 e. The lowest BCUT2D eigenvalue weighted by molar-refractivity contribution is -0.405. The fourth-order valence-corrected chi connectivity index (χ4v) is 6.08. The second-order valence-electron chi connectivity index (χ2n) is 7.85. The van der Waals surface area contributed by atoms with Crippen molar-refractivity contribution >= 4 is 0 Å². The number of hydrogen-bond acceptors (Lipinski definition) is 2. The van der Waals surface area contributed by atoms with Crippen LogP contribution in [0.4, 0.5) is 22.0 Å². The summed E-state index contributed by atoms with van der Waals surface area (Å²) in [5.41, 5.74) is 0. The highest BCUT2D eigenvalue weighted by Gasteiger charge is 2.78. The molecule has 23 heavy (non-hydrogen) atoms. The van der Waals surface area contributed by atoms with Crippen LogP contribution in [0.5, 0.6) is 0 Å². The van der Waals surface area contributed by atoms with Gasteiger partial charge in [0.1, 0.15) is 0 Å². The lowest BCUT2D eigenvalue weighted by Crippen LogP contribution is -2.59. The van der Waals surface area contributed by atoms with E-state index in [2.05, 4.69) is 4.74 Å². The van der Waals surface area contributed by atoms with Crippen molar-refractivity contribution in [2.45, 2.75) is 56.4 Å². The molecule has 3 aliphatic carbocycles. The second kappa shape index (κ2) is 4.81. The Morgan fingerprint density at radius 2 is 1.52 bits per heavy atom. The quantitative estimate of drug-likeness (QED) is 0.732. The smallest absolute Gasteiger partial charge is 0.354 e. The number of rotatable bonds is 1. The molecular weight excluding hydrogens is 319 g/mol. The van der Waals surface area contributed by atoms with Crippen molar-refractivity contribution in [1.29, 1.82) is 0 Å². The second-order valence-corrected chi connectivity index (χ2v) is 7.85. The minimum atomic E-state index is -5.49. The molecule has 2 nitrogen and oxygen atoms in total. The SMILES string of the molecule is OC1(C(F)(F)F)OCC(C2CC3CC2C2CCCCC32)C1(F)F. The lowest BCUT2D eigenvalue weighted by Gasteiger charge is -2.42. The predicted octanol–water partition coefficient (Wildman–Crippen LogP) is 3.98. The van der Waals surface area contributed by atoms with Crippen LogP contribution in [0.25, 0.3) is 0 Å². The Morgan fingerprint density at radius 3 is 2.13 bits per heavy atom. The molecule has 7 heteroatoms. The van der Waals surface area contributed by atoms with E-state index in [1.54, 1.807) is 0 Å². The summed E-state index contributed by atoms with van der Waals surface area (Å²) in [5, 5.41) is 9.49. The Labute approximate surface area is 131 Å². The minimum Gasteiger partial charge on any atom is -0.354 e. The summed E-state index contributed by atoms with van der Waals surface area (Å²) >= 11 is 0. The van der Waals surface area contributed by atoms with E-state index >= 15 is 0 Å². The molecule has 132 valence electrons. The zero-order chi connectivity index (χ0) is 16.6. The molecule has 7 unspecified atom stereocenters. The summed E-state index contributed by atoms with van der Waals surface area (Å²) in [6, 6.07) is 0. The molecule has 1 N–H and O–H groups in total. The topological polar surface area (TPSA) is 29.5 Å². The van der Waals surface area contributed by atoms with Crippen molar-refractivity contribution in [3.8, 4) is 0 Å². The molecule has 2 bridgehead atoms. The van der Waals surface area contributed by atoms with Gasteiger partial charge in [-0.3, -0.25) is 0 Å². The average molecular weight is 340 g/mol. The maximum absolute atomic E-state index is 14.5. The average Bonchev–Trinajstić information content (AvgIpc) is 3.11. The van der Waals surface area contributed by atoms with Gasteiger partial charge in [-0.15, -0.1) is 0 Å². The summed E-state index contributed by atoms with van der Waals surface area (Å²) in [6.07, 6.45) is 0.316. The molecule has 3 saturated carbocycles. The van der Waals surface area contributed by atoms with Crippen molar-refractivity contribution in [3.63, 3.8) is 0 Å². The van der Waals surface area contributed by atoms with Crippen LogP contribution in [0, 0.1) is 35.5 Å². The van der Waals surface area contributed by atoms with Crippen molar-refractivity contribution in [2.24, 2.45) is 35.5 Å². The third kappa shape index (κ3) is 1.98. The molecule has 4 rings (SSSR count). The van der Waals surface area contributed by atoms with E-state index in [4.69, 9.17) is 0 Å². The van der Waals surface area contributed by atoms with Crippen LogP contribution in [0.2, 0.25) is 0 Å². The molecule has 0 spiro atoms. The van der Waals surface area contributed by atoms with Crippen molar-refractivity contribution < 1.29 is 31.8 Å². The highest BCUT2D eigenvalue weighted by Crippen LogP contribution is 2.65. The van der Waals surface area contributed by atoms with Gasteiger partial charge in [-0.05, 0) is 55.3 Å². The van der Waals surface area contributed by atoms with E-state index in [1.807, 2.05) is 0 Å². The van der Waals surface area contributed by atoms with E-state index in [0.717, 1.165) is 25.7 Å². The molecule has 0 radical (unpaired) electrons. The molecule has 0 aromatic carbocycles. The highest BCUT2D eigenvalue weighted by molar-refractivity contribution is 5.10. The van der Waals surface area contributed by atoms with E-state index in [1.165, 1.54) is 6.42 Å². The van der Waals surface area contributed by atoms with E-state index in [9.17, 15) is 27.1 Å². The molecule has 1 saturated heterocycles. The Hall–Kier alpha value is -0.430. The molecule has 4 aliphatic rings. The largest absolute Gasteiger partial charge is 0.449 e. The Bertz CT molecular complexity index is 493. The van der Waals surface area contributed by atoms with Gasteiger partial charge >= 0.3 is 17.9 Å². The third-order valence-electron chi connectivity index (χ3n) is 7.02. The zero-order valence-corrected chi connectivity index (χ0v) is 12.7. The van der Waals surface area contributed by atoms with Gasteiger partial charge < -0.3 is 9.84 Å². The van der Waals surface area contributed by atoms with Gasteiger partial charge in [0.25, 0.3) is 0 Å². The van der Waals surface area contributed by atoms with Crippen LogP contribution in [0.1, 0.15) is 38.5 Å². The third-order valence-corrected chi connectivity index (χ3v) is 7.02. The first-order valence-corrected chi connectivity index (χ1v) is 8.47. The lowest BCUT2D eigenvalue weighted by atomic mass is 9.64. The molecule has 0 amide bonds. The van der Waals surface area contributed by atoms with Gasteiger partial charge in [0.05, 0.1) is 12.5 Å². The molecule has 0 aromatic heterocycles. The highest BCUT2D eigenvalue weighted by atomic mass is 19.4. The van der Waals surface area contributed by atoms with Crippen LogP contribution in [-0.2, 0) is 4.74 Å². The summed E-state index contributed by atoms with van der Waals surface area (Å²) in [5.74, 6) is -9.24. The number of ether oxygens (including phenoxy) is 1. The number of fused-ring (bicyclic) bond motifs is 5. The first-order chi connectivity index (χ1) is 10.7. The Morgan fingerprint density at radius 1 is 0.913 bits per heavy atom. The van der Waals surface area contributed by atoms with Crippen LogP contribution in [0.3, 0.4) is 0 Å². The first kappa shape index (κ1) is 16.1. The number of aliphatic hydroxyl groups is 1. The van der Waals surface area contributed by atoms with Gasteiger partial charge in [0, 0.05) is 0 Å². The van der Waals surface area contributed by atoms with Gasteiger partial charge in [0.15, 0.2) is 0 Å². The molecule has 1 heterocycles. The number of alkyl halides is 5. The molecule has 7 atom stereocenters. The number of halogens is 5. The fraction of sp³-hybridized carbons (Fsp3) is 1.00. The molecule has 0 aromatic rings. The molecule has 1 aliphatic heterocycles. The first-order valence-electron chi connectivity index (χ1n) is 8.47. The summed E-state index contributed by atoms with van der Waals surface area (Å²) in [6.45, 7) is -0.714. The molecular formula is C16H21F5O2. The van der Waals surface area contributed by atoms with Gasteiger partial charge in [-0.25, -0.2) is 0 Å². The van der Waals surface area contributed by atoms with Crippen molar-refractivity contribution in [2.75, 3.05) is 6.61 Å². The van der Waals surface area contributed by atoms with E-state index in [-0.39, 0.29) is 5.92 Å². The van der Waals surface area contributed by atoms with Crippen LogP contribution < -0.4 is 0 Å². The molecule has 4 fully saturated rings. The van der Waals surface area contributed by atoms with Crippen LogP contribution >= 0.6 is 0 Å².